The van der Waals surface area contributed by atoms with Gasteiger partial charge in [0.25, 0.3) is 0 Å². The van der Waals surface area contributed by atoms with E-state index in [4.69, 9.17) is 10.1 Å². The molecule has 2 rings (SSSR count). The molecule has 0 aliphatic heterocycles. The van der Waals surface area contributed by atoms with Crippen molar-refractivity contribution in [3.8, 4) is 11.5 Å². The molecule has 2 aromatic rings. The molecule has 0 amide bonds. The first-order valence-electron chi connectivity index (χ1n) is 5.17. The SMILES string of the molecule is N=CC(=O)c1cccc(Oc2ccccc2)c1. The van der Waals surface area contributed by atoms with E-state index in [0.29, 0.717) is 17.1 Å². The highest BCUT2D eigenvalue weighted by Gasteiger charge is 2.03. The monoisotopic (exact) mass is 225 g/mol. The Balaban J connectivity index is 2.22. The van der Waals surface area contributed by atoms with Crippen molar-refractivity contribution in [2.75, 3.05) is 0 Å². The van der Waals surface area contributed by atoms with Crippen molar-refractivity contribution >= 4 is 12.0 Å². The highest BCUT2D eigenvalue weighted by atomic mass is 16.5. The fourth-order valence-corrected chi connectivity index (χ4v) is 1.42. The van der Waals surface area contributed by atoms with Crippen LogP contribution in [-0.2, 0) is 0 Å². The van der Waals surface area contributed by atoms with Gasteiger partial charge in [-0.3, -0.25) is 4.79 Å². The van der Waals surface area contributed by atoms with Crippen LogP contribution in [0.3, 0.4) is 0 Å². The van der Waals surface area contributed by atoms with E-state index in [1.807, 2.05) is 30.3 Å². The van der Waals surface area contributed by atoms with Gasteiger partial charge >= 0.3 is 0 Å². The molecule has 0 saturated heterocycles. The largest absolute Gasteiger partial charge is 0.457 e. The van der Waals surface area contributed by atoms with Crippen LogP contribution in [0.5, 0.6) is 11.5 Å². The predicted molar refractivity (Wildman–Crippen MR) is 66.1 cm³/mol. The van der Waals surface area contributed by atoms with Gasteiger partial charge in [-0.1, -0.05) is 30.3 Å². The van der Waals surface area contributed by atoms with Gasteiger partial charge in [-0.05, 0) is 24.3 Å². The van der Waals surface area contributed by atoms with Crippen molar-refractivity contribution in [2.45, 2.75) is 0 Å². The third kappa shape index (κ3) is 2.78. The molecule has 0 atom stereocenters. The molecule has 0 aromatic heterocycles. The van der Waals surface area contributed by atoms with Gasteiger partial charge in [0.15, 0.2) is 0 Å². The molecule has 17 heavy (non-hydrogen) atoms. The third-order valence-corrected chi connectivity index (χ3v) is 2.23. The lowest BCUT2D eigenvalue weighted by atomic mass is 10.1. The summed E-state index contributed by atoms with van der Waals surface area (Å²) in [4.78, 5) is 11.3. The van der Waals surface area contributed by atoms with Crippen LogP contribution in [0.2, 0.25) is 0 Å². The summed E-state index contributed by atoms with van der Waals surface area (Å²) >= 11 is 0. The number of carbonyl (C=O) groups excluding carboxylic acids is 1. The molecule has 3 nitrogen and oxygen atoms in total. The van der Waals surface area contributed by atoms with Crippen molar-refractivity contribution in [1.29, 1.82) is 5.41 Å². The first kappa shape index (κ1) is 11.1. The maximum atomic E-state index is 11.3. The number of hydrogen-bond donors (Lipinski definition) is 1. The van der Waals surface area contributed by atoms with Gasteiger partial charge in [0, 0.05) is 5.56 Å². The number of hydrogen-bond acceptors (Lipinski definition) is 3. The Morgan fingerprint density at radius 3 is 2.41 bits per heavy atom. The molecular weight excluding hydrogens is 214 g/mol. The van der Waals surface area contributed by atoms with Gasteiger partial charge in [-0.2, -0.15) is 0 Å². The summed E-state index contributed by atoms with van der Waals surface area (Å²) in [7, 11) is 0. The first-order chi connectivity index (χ1) is 8.29. The van der Waals surface area contributed by atoms with Gasteiger partial charge in [-0.15, -0.1) is 0 Å². The summed E-state index contributed by atoms with van der Waals surface area (Å²) in [5, 5.41) is 6.92. The van der Waals surface area contributed by atoms with E-state index in [1.165, 1.54) is 0 Å². The second-order valence-electron chi connectivity index (χ2n) is 3.45. The van der Waals surface area contributed by atoms with E-state index < -0.39 is 0 Å². The van der Waals surface area contributed by atoms with E-state index in [0.717, 1.165) is 6.21 Å². The van der Waals surface area contributed by atoms with Crippen LogP contribution < -0.4 is 4.74 Å². The standard InChI is InChI=1S/C14H11NO2/c15-10-14(16)11-5-4-8-13(9-11)17-12-6-2-1-3-7-12/h1-10,15H. The predicted octanol–water partition coefficient (Wildman–Crippen LogP) is 3.31. The summed E-state index contributed by atoms with van der Waals surface area (Å²) in [5.41, 5.74) is 0.452. The van der Waals surface area contributed by atoms with Gasteiger partial charge in [-0.25, -0.2) is 0 Å². The Bertz CT molecular complexity index is 535. The van der Waals surface area contributed by atoms with Gasteiger partial charge in [0.05, 0.1) is 6.21 Å². The number of Topliss-reactive ketones (excluding diaryl/α,β-unsaturated/α-hetero) is 1. The molecule has 84 valence electrons. The van der Waals surface area contributed by atoms with E-state index in [2.05, 4.69) is 0 Å². The molecule has 0 saturated carbocycles. The molecule has 0 spiro atoms. The van der Waals surface area contributed by atoms with Crippen LogP contribution in [0.1, 0.15) is 10.4 Å². The molecule has 0 unspecified atom stereocenters. The Kier molecular flexibility index (Phi) is 3.31. The quantitative estimate of drug-likeness (QED) is 0.641. The highest BCUT2D eigenvalue weighted by Crippen LogP contribution is 2.21. The molecule has 3 heteroatoms. The van der Waals surface area contributed by atoms with Crippen molar-refractivity contribution in [2.24, 2.45) is 0 Å². The maximum Gasteiger partial charge on any atom is 0.203 e. The second-order valence-corrected chi connectivity index (χ2v) is 3.45. The Morgan fingerprint density at radius 2 is 1.71 bits per heavy atom. The Labute approximate surface area is 99.2 Å². The maximum absolute atomic E-state index is 11.3. The fourth-order valence-electron chi connectivity index (χ4n) is 1.42. The van der Waals surface area contributed by atoms with Crippen LogP contribution in [0.15, 0.2) is 54.6 Å². The normalized spacial score (nSPS) is 9.65. The summed E-state index contributed by atoms with van der Waals surface area (Å²) in [6.07, 6.45) is 0.793. The number of ketones is 1. The Morgan fingerprint density at radius 1 is 1.00 bits per heavy atom. The van der Waals surface area contributed by atoms with Crippen LogP contribution >= 0.6 is 0 Å². The summed E-state index contributed by atoms with van der Waals surface area (Å²) in [6.45, 7) is 0. The smallest absolute Gasteiger partial charge is 0.203 e. The average molecular weight is 225 g/mol. The van der Waals surface area contributed by atoms with Crippen molar-refractivity contribution in [3.63, 3.8) is 0 Å². The van der Waals surface area contributed by atoms with Crippen LogP contribution in [0.25, 0.3) is 0 Å². The number of para-hydroxylation sites is 1. The topological polar surface area (TPSA) is 50.2 Å². The number of rotatable bonds is 4. The lowest BCUT2D eigenvalue weighted by Crippen LogP contribution is -1.98. The zero-order valence-corrected chi connectivity index (χ0v) is 9.09. The minimum atomic E-state index is -0.330. The minimum absolute atomic E-state index is 0.330. The molecule has 0 heterocycles. The van der Waals surface area contributed by atoms with Crippen molar-refractivity contribution in [3.05, 3.63) is 60.2 Å². The third-order valence-electron chi connectivity index (χ3n) is 2.23. The van der Waals surface area contributed by atoms with Crippen LogP contribution in [-0.4, -0.2) is 12.0 Å². The van der Waals surface area contributed by atoms with Crippen molar-refractivity contribution in [1.82, 2.24) is 0 Å². The molecule has 0 radical (unpaired) electrons. The van der Waals surface area contributed by atoms with Crippen LogP contribution in [0.4, 0.5) is 0 Å². The van der Waals surface area contributed by atoms with Crippen LogP contribution in [0, 0.1) is 5.41 Å². The minimum Gasteiger partial charge on any atom is -0.457 e. The van der Waals surface area contributed by atoms with Crippen molar-refractivity contribution < 1.29 is 9.53 Å². The molecule has 0 bridgehead atoms. The zero-order valence-electron chi connectivity index (χ0n) is 9.09. The summed E-state index contributed by atoms with van der Waals surface area (Å²) in [5.74, 6) is 0.972. The van der Waals surface area contributed by atoms with E-state index >= 15 is 0 Å². The van der Waals surface area contributed by atoms with Gasteiger partial charge in [0.1, 0.15) is 11.5 Å². The van der Waals surface area contributed by atoms with Gasteiger partial charge in [0.2, 0.25) is 5.78 Å². The van der Waals surface area contributed by atoms with E-state index in [9.17, 15) is 4.79 Å². The average Bonchev–Trinajstić information content (AvgIpc) is 2.39. The molecule has 1 N–H and O–H groups in total. The lowest BCUT2D eigenvalue weighted by Gasteiger charge is -2.05. The lowest BCUT2D eigenvalue weighted by molar-refractivity contribution is 0.107. The summed E-state index contributed by atoms with van der Waals surface area (Å²) < 4.78 is 5.59. The van der Waals surface area contributed by atoms with E-state index in [1.54, 1.807) is 24.3 Å². The fraction of sp³-hybridized carbons (Fsp3) is 0. The summed E-state index contributed by atoms with van der Waals surface area (Å²) in [6, 6.07) is 16.1. The number of ether oxygens (including phenoxy) is 1. The first-order valence-corrected chi connectivity index (χ1v) is 5.17. The molecular formula is C14H11NO2. The second kappa shape index (κ2) is 5.07. The Hall–Kier alpha value is -2.42. The highest BCUT2D eigenvalue weighted by molar-refractivity contribution is 6.34. The molecule has 0 fully saturated rings. The molecule has 0 aliphatic rings. The zero-order chi connectivity index (χ0) is 12.1. The molecule has 0 aliphatic carbocycles. The van der Waals surface area contributed by atoms with Gasteiger partial charge < -0.3 is 10.1 Å². The number of nitrogens with one attached hydrogen (secondary N) is 1. The number of benzene rings is 2. The van der Waals surface area contributed by atoms with E-state index in [-0.39, 0.29) is 5.78 Å². The number of carbonyl (C=O) groups is 1. The molecule has 2 aromatic carbocycles.